The van der Waals surface area contributed by atoms with Gasteiger partial charge >= 0.3 is 0 Å². The van der Waals surface area contributed by atoms with Gasteiger partial charge in [0, 0.05) is 15.6 Å². The molecule has 0 unspecified atom stereocenters. The average Bonchev–Trinajstić information content (AvgIpc) is 2.34. The van der Waals surface area contributed by atoms with Crippen molar-refractivity contribution in [1.82, 2.24) is 0 Å². The van der Waals surface area contributed by atoms with Gasteiger partial charge in [-0.2, -0.15) is 0 Å². The van der Waals surface area contributed by atoms with Crippen molar-refractivity contribution in [2.45, 2.75) is 32.4 Å². The molecule has 66 valence electrons. The van der Waals surface area contributed by atoms with Crippen molar-refractivity contribution in [3.63, 3.8) is 0 Å². The summed E-state index contributed by atoms with van der Waals surface area (Å²) in [5.41, 5.74) is 0. The molecule has 1 aliphatic rings. The maximum atomic E-state index is 2.36. The second-order valence-corrected chi connectivity index (χ2v) is 6.56. The van der Waals surface area contributed by atoms with Gasteiger partial charge in [0.15, 0.2) is 0 Å². The van der Waals surface area contributed by atoms with Crippen LogP contribution in [0.2, 0.25) is 0 Å². The molecule has 1 fully saturated rings. The average molecular weight is 190 g/mol. The molecule has 1 aliphatic heterocycles. The van der Waals surface area contributed by atoms with Crippen LogP contribution in [0.1, 0.15) is 27.7 Å². The van der Waals surface area contributed by atoms with E-state index in [1.54, 1.807) is 0 Å². The first-order valence-corrected chi connectivity index (χ1v) is 6.45. The van der Waals surface area contributed by atoms with Gasteiger partial charge in [-0.1, -0.05) is 27.7 Å². The molecular weight excluding hydrogens is 172 g/mol. The van der Waals surface area contributed by atoms with Gasteiger partial charge in [0.1, 0.15) is 0 Å². The van der Waals surface area contributed by atoms with E-state index in [9.17, 15) is 0 Å². The number of hydrogen-bond donors (Lipinski definition) is 0. The maximum Gasteiger partial charge on any atom is 0.0398 e. The minimum Gasteiger partial charge on any atom is -0.150 e. The summed E-state index contributed by atoms with van der Waals surface area (Å²) < 4.78 is 0.574. The zero-order valence-corrected chi connectivity index (χ0v) is 9.52. The Morgan fingerprint density at radius 3 is 1.82 bits per heavy atom. The molecule has 1 heterocycles. The third-order valence-electron chi connectivity index (χ3n) is 2.69. The Bertz CT molecular complexity index is 114. The second-order valence-electron chi connectivity index (χ2n) is 3.88. The van der Waals surface area contributed by atoms with Crippen LogP contribution in [0.15, 0.2) is 0 Å². The van der Waals surface area contributed by atoms with Crippen LogP contribution in [-0.2, 0) is 0 Å². The minimum atomic E-state index is 0.574. The Labute approximate surface area is 78.9 Å². The Hall–Kier alpha value is 0.700. The molecule has 1 saturated heterocycles. The molecule has 11 heavy (non-hydrogen) atoms. The van der Waals surface area contributed by atoms with E-state index in [2.05, 4.69) is 51.2 Å². The van der Waals surface area contributed by atoms with Gasteiger partial charge < -0.3 is 0 Å². The van der Waals surface area contributed by atoms with Gasteiger partial charge in [0.05, 0.1) is 0 Å². The second kappa shape index (κ2) is 3.61. The summed E-state index contributed by atoms with van der Waals surface area (Å²) in [5, 5.41) is 1.30. The molecular formula is C9H18S2. The number of rotatable bonds is 2. The first kappa shape index (κ1) is 9.79. The van der Waals surface area contributed by atoms with E-state index in [0.29, 0.717) is 4.75 Å². The Kier molecular flexibility index (Phi) is 3.21. The molecule has 0 aromatic heterocycles. The van der Waals surface area contributed by atoms with Crippen molar-refractivity contribution in [2.24, 2.45) is 11.8 Å². The fraction of sp³-hybridized carbons (Fsp3) is 1.00. The first-order valence-electron chi connectivity index (χ1n) is 4.31. The van der Waals surface area contributed by atoms with E-state index < -0.39 is 0 Å². The van der Waals surface area contributed by atoms with Crippen LogP contribution in [0.25, 0.3) is 0 Å². The lowest BCUT2D eigenvalue weighted by Crippen LogP contribution is -2.37. The molecule has 0 aromatic rings. The van der Waals surface area contributed by atoms with Gasteiger partial charge in [-0.05, 0) is 11.8 Å². The van der Waals surface area contributed by atoms with Crippen LogP contribution < -0.4 is 0 Å². The van der Waals surface area contributed by atoms with E-state index in [0.717, 1.165) is 11.8 Å². The Morgan fingerprint density at radius 1 is 1.09 bits per heavy atom. The third-order valence-corrected chi connectivity index (χ3v) is 6.32. The van der Waals surface area contributed by atoms with E-state index in [1.165, 1.54) is 10.8 Å². The molecule has 1 rings (SSSR count). The van der Waals surface area contributed by atoms with Crippen molar-refractivity contribution in [1.29, 1.82) is 0 Å². The smallest absolute Gasteiger partial charge is 0.0398 e. The predicted octanol–water partition coefficient (Wildman–Crippen LogP) is 3.47. The third kappa shape index (κ3) is 1.72. The van der Waals surface area contributed by atoms with Crippen LogP contribution in [-0.4, -0.2) is 15.6 Å². The highest BCUT2D eigenvalue weighted by Crippen LogP contribution is 2.49. The SMILES string of the molecule is CC(C)C1(C(C)C)CSCS1. The molecule has 0 atom stereocenters. The van der Waals surface area contributed by atoms with Crippen LogP contribution >= 0.6 is 23.5 Å². The zero-order chi connectivity index (χ0) is 8.48. The predicted molar refractivity (Wildman–Crippen MR) is 57.3 cm³/mol. The van der Waals surface area contributed by atoms with E-state index >= 15 is 0 Å². The van der Waals surface area contributed by atoms with Crippen LogP contribution in [0.5, 0.6) is 0 Å². The molecule has 2 heteroatoms. The normalized spacial score (nSPS) is 23.5. The molecule has 0 spiro atoms. The van der Waals surface area contributed by atoms with E-state index in [4.69, 9.17) is 0 Å². The summed E-state index contributed by atoms with van der Waals surface area (Å²) in [7, 11) is 0. The topological polar surface area (TPSA) is 0 Å². The zero-order valence-electron chi connectivity index (χ0n) is 7.89. The van der Waals surface area contributed by atoms with Crippen molar-refractivity contribution >= 4 is 23.5 Å². The highest BCUT2D eigenvalue weighted by atomic mass is 32.2. The monoisotopic (exact) mass is 190 g/mol. The minimum absolute atomic E-state index is 0.574. The van der Waals surface area contributed by atoms with Gasteiger partial charge in [-0.3, -0.25) is 0 Å². The molecule has 0 aromatic carbocycles. The largest absolute Gasteiger partial charge is 0.150 e. The van der Waals surface area contributed by atoms with Crippen molar-refractivity contribution in [2.75, 3.05) is 10.8 Å². The van der Waals surface area contributed by atoms with Crippen LogP contribution in [0, 0.1) is 11.8 Å². The van der Waals surface area contributed by atoms with Crippen molar-refractivity contribution in [3.05, 3.63) is 0 Å². The first-order chi connectivity index (χ1) is 5.09. The lowest BCUT2D eigenvalue weighted by molar-refractivity contribution is 0.370. The van der Waals surface area contributed by atoms with E-state index in [1.807, 2.05) is 0 Å². The van der Waals surface area contributed by atoms with Crippen molar-refractivity contribution < 1.29 is 0 Å². The van der Waals surface area contributed by atoms with Gasteiger partial charge in [0.25, 0.3) is 0 Å². The highest BCUT2D eigenvalue weighted by Gasteiger charge is 2.40. The number of thioether (sulfide) groups is 2. The fourth-order valence-corrected chi connectivity index (χ4v) is 5.51. The van der Waals surface area contributed by atoms with Crippen molar-refractivity contribution in [3.8, 4) is 0 Å². The van der Waals surface area contributed by atoms with Gasteiger partial charge in [0.2, 0.25) is 0 Å². The number of hydrogen-bond acceptors (Lipinski definition) is 2. The quantitative estimate of drug-likeness (QED) is 0.654. The molecule has 0 amide bonds. The molecule has 0 bridgehead atoms. The summed E-state index contributed by atoms with van der Waals surface area (Å²) in [6.07, 6.45) is 0. The van der Waals surface area contributed by atoms with Gasteiger partial charge in [-0.25, -0.2) is 0 Å². The molecule has 0 aliphatic carbocycles. The van der Waals surface area contributed by atoms with Crippen LogP contribution in [0.4, 0.5) is 0 Å². The fourth-order valence-electron chi connectivity index (χ4n) is 1.73. The lowest BCUT2D eigenvalue weighted by Gasteiger charge is -2.35. The summed E-state index contributed by atoms with van der Waals surface area (Å²) >= 11 is 4.27. The lowest BCUT2D eigenvalue weighted by atomic mass is 9.86. The van der Waals surface area contributed by atoms with Crippen LogP contribution in [0.3, 0.4) is 0 Å². The Balaban J connectivity index is 2.70. The maximum absolute atomic E-state index is 2.36. The summed E-state index contributed by atoms with van der Waals surface area (Å²) in [6, 6.07) is 0. The Morgan fingerprint density at radius 2 is 1.64 bits per heavy atom. The highest BCUT2D eigenvalue weighted by molar-refractivity contribution is 8.20. The molecule has 0 saturated carbocycles. The summed E-state index contributed by atoms with van der Waals surface area (Å²) in [5.74, 6) is 3.00. The molecule has 0 radical (unpaired) electrons. The summed E-state index contributed by atoms with van der Waals surface area (Å²) in [6.45, 7) is 9.44. The summed E-state index contributed by atoms with van der Waals surface area (Å²) in [4.78, 5) is 0. The standard InChI is InChI=1S/C9H18S2/c1-7(2)9(8(3)4)5-10-6-11-9/h7-8H,5-6H2,1-4H3. The molecule has 0 nitrogen and oxygen atoms in total. The van der Waals surface area contributed by atoms with E-state index in [-0.39, 0.29) is 0 Å². The molecule has 0 N–H and O–H groups in total. The van der Waals surface area contributed by atoms with Gasteiger partial charge in [-0.15, -0.1) is 23.5 Å².